The number of rotatable bonds is 0. The summed E-state index contributed by atoms with van der Waals surface area (Å²) in [6.07, 6.45) is 0. The summed E-state index contributed by atoms with van der Waals surface area (Å²) in [5.41, 5.74) is 0. The fraction of sp³-hybridized carbons (Fsp3) is 0. The van der Waals surface area contributed by atoms with Gasteiger partial charge in [-0.15, -0.1) is 0 Å². The van der Waals surface area contributed by atoms with Gasteiger partial charge in [-0.05, 0) is 0 Å². The molecular formula is C4N4Na2Pd. The van der Waals surface area contributed by atoms with Crippen LogP contribution in [0.1, 0.15) is 0 Å². The van der Waals surface area contributed by atoms with Gasteiger partial charge >= 0.3 is 79.5 Å². The molecule has 0 aromatic rings. The molecule has 11 heavy (non-hydrogen) atoms. The summed E-state index contributed by atoms with van der Waals surface area (Å²) >= 11 is 0. The Balaban J connectivity index is -0.00000000356. The van der Waals surface area contributed by atoms with E-state index in [1.54, 1.807) is 0 Å². The predicted octanol–water partition coefficient (Wildman–Crippen LogP) is -5.61. The van der Waals surface area contributed by atoms with E-state index < -0.39 is 0 Å². The van der Waals surface area contributed by atoms with E-state index in [2.05, 4.69) is 0 Å². The zero-order valence-corrected chi connectivity index (χ0v) is 11.7. The Hall–Kier alpha value is 0.622. The molecule has 0 N–H and O–H groups in total. The van der Waals surface area contributed by atoms with Gasteiger partial charge in [0.1, 0.15) is 0 Å². The molecule has 48 valence electrons. The molecule has 0 heterocycles. The fourth-order valence-electron chi connectivity index (χ4n) is 0. The van der Waals surface area contributed by atoms with Crippen molar-refractivity contribution in [2.75, 3.05) is 0 Å². The van der Waals surface area contributed by atoms with E-state index in [9.17, 15) is 0 Å². The van der Waals surface area contributed by atoms with Crippen LogP contribution in [0.15, 0.2) is 0 Å². The molecular weight excluding hydrogens is 256 g/mol. The van der Waals surface area contributed by atoms with Crippen molar-refractivity contribution in [3.8, 4) is 0 Å². The van der Waals surface area contributed by atoms with Crippen LogP contribution in [0, 0.1) is 47.3 Å². The van der Waals surface area contributed by atoms with Crippen LogP contribution < -0.4 is 59.1 Å². The van der Waals surface area contributed by atoms with E-state index in [-0.39, 0.29) is 79.5 Å². The van der Waals surface area contributed by atoms with E-state index in [0.29, 0.717) is 0 Å². The maximum absolute atomic E-state index is 6.25. The minimum absolute atomic E-state index is 0. The summed E-state index contributed by atoms with van der Waals surface area (Å²) in [5.74, 6) is 0. The largest absolute Gasteiger partial charge is 2.00 e. The zero-order valence-electron chi connectivity index (χ0n) is 6.11. The Morgan fingerprint density at radius 2 is 0.455 bits per heavy atom. The first-order valence-electron chi connectivity index (χ1n) is 0.894. The second-order valence-corrected chi connectivity index (χ2v) is 0. The topological polar surface area (TPSA) is 95.2 Å². The van der Waals surface area contributed by atoms with Crippen molar-refractivity contribution in [3.63, 3.8) is 0 Å². The first-order chi connectivity index (χ1) is 4.00. The Kier molecular flexibility index (Phi) is 14200. The van der Waals surface area contributed by atoms with Crippen LogP contribution in [0.5, 0.6) is 0 Å². The molecule has 4 nitrogen and oxygen atoms in total. The van der Waals surface area contributed by atoms with E-state index >= 15 is 0 Å². The first-order valence-corrected chi connectivity index (χ1v) is 0.894. The Bertz CT molecular complexity index is 63.1. The summed E-state index contributed by atoms with van der Waals surface area (Å²) in [7, 11) is 0. The van der Waals surface area contributed by atoms with Gasteiger partial charge in [-0.25, -0.2) is 0 Å². The molecule has 0 aliphatic carbocycles. The normalized spacial score (nSPS) is 0.727. The predicted molar refractivity (Wildman–Crippen MR) is 19.9 cm³/mol. The summed E-state index contributed by atoms with van der Waals surface area (Å²) in [4.78, 5) is 0. The van der Waals surface area contributed by atoms with Crippen molar-refractivity contribution in [1.82, 2.24) is 0 Å². The van der Waals surface area contributed by atoms with Crippen molar-refractivity contribution in [2.24, 2.45) is 0 Å². The molecule has 0 saturated carbocycles. The van der Waals surface area contributed by atoms with Crippen LogP contribution >= 0.6 is 0 Å². The van der Waals surface area contributed by atoms with Crippen molar-refractivity contribution < 1.29 is 79.5 Å². The molecule has 0 atom stereocenters. The Labute approximate surface area is 125 Å². The van der Waals surface area contributed by atoms with Gasteiger partial charge in [0.15, 0.2) is 0 Å². The number of hydrogen-bond acceptors (Lipinski definition) is 4. The second kappa shape index (κ2) is 2540. The summed E-state index contributed by atoms with van der Waals surface area (Å²) < 4.78 is 0. The van der Waals surface area contributed by atoms with E-state index in [1.165, 1.54) is 0 Å². The monoisotopic (exact) mass is 256 g/mol. The molecule has 0 aliphatic rings. The molecule has 0 unspecified atom stereocenters. The van der Waals surface area contributed by atoms with Crippen molar-refractivity contribution in [2.45, 2.75) is 0 Å². The van der Waals surface area contributed by atoms with Crippen LogP contribution in [-0.4, -0.2) is 0 Å². The van der Waals surface area contributed by atoms with Crippen molar-refractivity contribution in [3.05, 3.63) is 26.3 Å². The van der Waals surface area contributed by atoms with Crippen LogP contribution in [0.3, 0.4) is 0 Å². The van der Waals surface area contributed by atoms with Gasteiger partial charge in [-0.3, -0.25) is 0 Å². The average Bonchev–Trinajstić information content (AvgIpc) is 2.03. The van der Waals surface area contributed by atoms with Gasteiger partial charge in [0.25, 0.3) is 0 Å². The van der Waals surface area contributed by atoms with Crippen LogP contribution in [0.2, 0.25) is 0 Å². The van der Waals surface area contributed by atoms with Gasteiger partial charge in [-0.2, -0.15) is 0 Å². The Morgan fingerprint density at radius 1 is 0.455 bits per heavy atom. The molecule has 0 aromatic heterocycles. The summed E-state index contributed by atoms with van der Waals surface area (Å²) in [6, 6.07) is 0. The van der Waals surface area contributed by atoms with Gasteiger partial charge in [0.2, 0.25) is 0 Å². The van der Waals surface area contributed by atoms with Gasteiger partial charge in [-0.1, -0.05) is 0 Å². The maximum atomic E-state index is 6.25. The molecule has 0 radical (unpaired) electrons. The molecule has 0 aliphatic heterocycles. The quantitative estimate of drug-likeness (QED) is 0.319. The SMILES string of the molecule is [C-]#N.[C-]#N.[C-]#N.[C-]#N.[Na+].[Na+].[Pd+2]. The van der Waals surface area contributed by atoms with E-state index in [4.69, 9.17) is 47.3 Å². The Morgan fingerprint density at radius 3 is 0.455 bits per heavy atom. The van der Waals surface area contributed by atoms with Gasteiger partial charge in [0, 0.05) is 0 Å². The second-order valence-electron chi connectivity index (χ2n) is 0. The van der Waals surface area contributed by atoms with Gasteiger partial charge in [0.05, 0.1) is 0 Å². The molecule has 0 aromatic carbocycles. The van der Waals surface area contributed by atoms with Crippen LogP contribution in [-0.2, 0) is 20.4 Å². The maximum Gasteiger partial charge on any atom is 2.00 e. The minimum Gasteiger partial charge on any atom is -0.512 e. The molecule has 0 fully saturated rings. The first kappa shape index (κ1) is 61.4. The van der Waals surface area contributed by atoms with Crippen molar-refractivity contribution >= 4 is 0 Å². The molecule has 0 amide bonds. The molecule has 7 heteroatoms. The zero-order chi connectivity index (χ0) is 8.00. The number of nitrogens with zero attached hydrogens (tertiary/aromatic N) is 4. The van der Waals surface area contributed by atoms with Crippen LogP contribution in [0.25, 0.3) is 0 Å². The van der Waals surface area contributed by atoms with E-state index in [0.717, 1.165) is 0 Å². The minimum atomic E-state index is 0. The van der Waals surface area contributed by atoms with E-state index in [1.807, 2.05) is 0 Å². The van der Waals surface area contributed by atoms with Crippen LogP contribution in [0.4, 0.5) is 0 Å². The smallest absolute Gasteiger partial charge is 0.512 e. The van der Waals surface area contributed by atoms with Gasteiger partial charge < -0.3 is 47.3 Å². The standard InChI is InChI=1S/4CN.2Na.Pd/c4*1-2;;;/q4*-1;2*+1;+2. The van der Waals surface area contributed by atoms with Crippen molar-refractivity contribution in [1.29, 1.82) is 21.0 Å². The summed E-state index contributed by atoms with van der Waals surface area (Å²) in [5, 5.41) is 25.0. The average molecular weight is 256 g/mol. The molecule has 0 spiro atoms. The molecule has 0 saturated heterocycles. The third-order valence-corrected chi connectivity index (χ3v) is 0. The molecule has 0 bridgehead atoms. The summed E-state index contributed by atoms with van der Waals surface area (Å²) in [6.45, 7) is 19.0. The molecule has 0 rings (SSSR count). The number of hydrogen-bond donors (Lipinski definition) is 0. The fourth-order valence-corrected chi connectivity index (χ4v) is 0. The third kappa shape index (κ3) is 2040. The third-order valence-electron chi connectivity index (χ3n) is 0.